The minimum atomic E-state index is 0.483. The van der Waals surface area contributed by atoms with Crippen molar-refractivity contribution in [3.8, 4) is 22.3 Å². The molecule has 0 radical (unpaired) electrons. The molecule has 2 fully saturated rings. The number of rotatable bonds is 10. The van der Waals surface area contributed by atoms with E-state index in [9.17, 15) is 0 Å². The summed E-state index contributed by atoms with van der Waals surface area (Å²) in [5.41, 5.74) is 18.5. The highest BCUT2D eigenvalue weighted by atomic mass is 16.3. The molecule has 5 heteroatoms. The lowest BCUT2D eigenvalue weighted by atomic mass is 9.83. The minimum absolute atomic E-state index is 0.483. The molecule has 2 aliphatic rings. The van der Waals surface area contributed by atoms with Crippen LogP contribution in [0.2, 0.25) is 0 Å². The molecule has 0 aliphatic heterocycles. The normalized spacial score (nSPS) is 14.5. The predicted molar refractivity (Wildman–Crippen MR) is 355 cm³/mol. The largest absolute Gasteiger partial charge is 0.456 e. The molecular weight excluding hydrogens is 1040 g/mol. The summed E-state index contributed by atoms with van der Waals surface area (Å²) < 4.78 is 22.3. The molecule has 0 spiro atoms. The number of furan rings is 3. The number of para-hydroxylation sites is 6. The molecule has 2 aliphatic carbocycles. The number of anilines is 6. The number of benzene rings is 12. The summed E-state index contributed by atoms with van der Waals surface area (Å²) in [6, 6.07) is 88.6. The topological polar surface area (TPSA) is 45.9 Å². The number of fused-ring (bicyclic) bond motifs is 13. The Bertz CT molecular complexity index is 4740. The van der Waals surface area contributed by atoms with Crippen LogP contribution in [0.5, 0.6) is 0 Å². The quantitative estimate of drug-likeness (QED) is 0.137. The molecule has 12 aromatic carbocycles. The third-order valence-electron chi connectivity index (χ3n) is 19.0. The van der Waals surface area contributed by atoms with E-state index < -0.39 is 0 Å². The van der Waals surface area contributed by atoms with Crippen LogP contribution in [-0.4, -0.2) is 0 Å². The summed E-state index contributed by atoms with van der Waals surface area (Å²) >= 11 is 0. The van der Waals surface area contributed by atoms with E-state index in [1.807, 2.05) is 0 Å². The molecule has 0 saturated heterocycles. The third-order valence-corrected chi connectivity index (χ3v) is 19.0. The number of hydrogen-bond donors (Lipinski definition) is 0. The van der Waals surface area contributed by atoms with Crippen LogP contribution in [0, 0.1) is 0 Å². The first-order valence-electron chi connectivity index (χ1n) is 30.8. The smallest absolute Gasteiger partial charge is 0.159 e. The molecule has 2 saturated carbocycles. The van der Waals surface area contributed by atoms with E-state index in [0.29, 0.717) is 11.8 Å². The Labute approximate surface area is 493 Å². The zero-order chi connectivity index (χ0) is 56.0. The number of hydrogen-bond acceptors (Lipinski definition) is 5. The molecule has 410 valence electrons. The summed E-state index contributed by atoms with van der Waals surface area (Å²) in [6.45, 7) is 0. The molecule has 0 amide bonds. The maximum atomic E-state index is 7.56. The average Bonchev–Trinajstić information content (AvgIpc) is 2.95. The van der Waals surface area contributed by atoms with Gasteiger partial charge in [0.2, 0.25) is 0 Å². The zero-order valence-corrected chi connectivity index (χ0v) is 47.4. The first-order chi connectivity index (χ1) is 42.2. The van der Waals surface area contributed by atoms with Gasteiger partial charge in [-0.2, -0.15) is 0 Å². The zero-order valence-electron chi connectivity index (χ0n) is 47.4. The number of nitrogens with zero attached hydrogens (tertiary/aromatic N) is 2. The standard InChI is InChI=1S/C80H62N2O3/c1-5-25-51(26-6-1)55-33-17-19-45-67(55)81(69-47-23-43-65-63-41-21-39-57(77(63)84-79(65)69)53-29-9-3-10-30-53)71-49-73-75(61-37-15-13-35-59(61)71)76-62-38-16-14-36-60(62)72(50-74(76)83-73)82(68-46-20-18-34-56(68)52-27-7-2-8-28-52)70-48-24-44-66-64-42-22-40-58(78(64)85-80(66)70)54-31-11-4-12-32-54/h1-2,5-8,13-28,33-50,53-54H,3-4,9-12,29-32H2. The van der Waals surface area contributed by atoms with Gasteiger partial charge in [0.25, 0.3) is 0 Å². The lowest BCUT2D eigenvalue weighted by Gasteiger charge is -2.29. The first kappa shape index (κ1) is 49.7. The van der Waals surface area contributed by atoms with Gasteiger partial charge in [-0.1, -0.05) is 245 Å². The van der Waals surface area contributed by atoms with Crippen LogP contribution in [0.15, 0.2) is 256 Å². The molecule has 15 aromatic rings. The van der Waals surface area contributed by atoms with Crippen molar-refractivity contribution in [3.05, 3.63) is 254 Å². The average molecular weight is 1100 g/mol. The van der Waals surface area contributed by atoms with E-state index in [-0.39, 0.29) is 0 Å². The van der Waals surface area contributed by atoms with Gasteiger partial charge in [0.05, 0.1) is 34.1 Å². The van der Waals surface area contributed by atoms with Gasteiger partial charge in [0.15, 0.2) is 11.2 Å². The van der Waals surface area contributed by atoms with Crippen LogP contribution >= 0.6 is 0 Å². The molecule has 3 aromatic heterocycles. The van der Waals surface area contributed by atoms with Crippen molar-refractivity contribution >= 4 is 121 Å². The Morgan fingerprint density at radius 2 is 0.600 bits per heavy atom. The molecule has 17 rings (SSSR count). The highest BCUT2D eigenvalue weighted by molar-refractivity contribution is 6.31. The van der Waals surface area contributed by atoms with Crippen LogP contribution in [-0.2, 0) is 0 Å². The Morgan fingerprint density at radius 3 is 1.04 bits per heavy atom. The van der Waals surface area contributed by atoms with E-state index in [2.05, 4.69) is 252 Å². The van der Waals surface area contributed by atoms with Gasteiger partial charge in [-0.25, -0.2) is 0 Å². The molecule has 85 heavy (non-hydrogen) atoms. The van der Waals surface area contributed by atoms with E-state index in [0.717, 1.165) is 144 Å². The van der Waals surface area contributed by atoms with Crippen LogP contribution in [0.3, 0.4) is 0 Å². The van der Waals surface area contributed by atoms with Gasteiger partial charge >= 0.3 is 0 Å². The SMILES string of the molecule is c1ccc(-c2ccccc2N(c2cc3oc4cc(N(c5ccccc5-c5ccccc5)c5cccc6c5oc5c(C7CCCCC7)cccc56)c5ccccc5c4c3c3ccccc23)c2cccc3c2oc2c(C4CCCCC4)cccc23)cc1. The van der Waals surface area contributed by atoms with E-state index in [4.69, 9.17) is 13.3 Å². The maximum absolute atomic E-state index is 7.56. The Hall–Kier alpha value is -9.84. The molecular formula is C80H62N2O3. The van der Waals surface area contributed by atoms with Crippen molar-refractivity contribution in [1.29, 1.82) is 0 Å². The second-order valence-corrected chi connectivity index (χ2v) is 23.8. The Balaban J connectivity index is 0.933. The van der Waals surface area contributed by atoms with E-state index in [1.165, 1.54) is 75.3 Å². The summed E-state index contributed by atoms with van der Waals surface area (Å²) in [4.78, 5) is 4.89. The second-order valence-electron chi connectivity index (χ2n) is 23.8. The Kier molecular flexibility index (Phi) is 12.0. The Morgan fingerprint density at radius 1 is 0.259 bits per heavy atom. The van der Waals surface area contributed by atoms with Gasteiger partial charge in [0, 0.05) is 66.3 Å². The van der Waals surface area contributed by atoms with Crippen LogP contribution < -0.4 is 9.80 Å². The highest BCUT2D eigenvalue weighted by Gasteiger charge is 2.31. The summed E-state index contributed by atoms with van der Waals surface area (Å²) in [5.74, 6) is 0.965. The third kappa shape index (κ3) is 8.11. The molecule has 0 N–H and O–H groups in total. The van der Waals surface area contributed by atoms with Gasteiger partial charge < -0.3 is 23.1 Å². The molecule has 0 unspecified atom stereocenters. The van der Waals surface area contributed by atoms with Gasteiger partial charge in [0.1, 0.15) is 22.3 Å². The monoisotopic (exact) mass is 1100 g/mol. The minimum Gasteiger partial charge on any atom is -0.456 e. The molecule has 0 atom stereocenters. The van der Waals surface area contributed by atoms with Crippen molar-refractivity contribution in [1.82, 2.24) is 0 Å². The van der Waals surface area contributed by atoms with Crippen molar-refractivity contribution < 1.29 is 13.3 Å². The fourth-order valence-corrected chi connectivity index (χ4v) is 15.1. The van der Waals surface area contributed by atoms with Crippen molar-refractivity contribution in [2.45, 2.75) is 76.0 Å². The molecule has 0 bridgehead atoms. The summed E-state index contributed by atoms with van der Waals surface area (Å²) in [6.07, 6.45) is 12.4. The fourth-order valence-electron chi connectivity index (χ4n) is 15.1. The lowest BCUT2D eigenvalue weighted by Crippen LogP contribution is -2.12. The first-order valence-corrected chi connectivity index (χ1v) is 30.8. The van der Waals surface area contributed by atoms with Crippen LogP contribution in [0.1, 0.15) is 87.2 Å². The van der Waals surface area contributed by atoms with Crippen molar-refractivity contribution in [2.24, 2.45) is 0 Å². The summed E-state index contributed by atoms with van der Waals surface area (Å²) in [7, 11) is 0. The van der Waals surface area contributed by atoms with Gasteiger partial charge in [-0.05, 0) is 94.8 Å². The fraction of sp³-hybridized carbons (Fsp3) is 0.150. The highest BCUT2D eigenvalue weighted by Crippen LogP contribution is 2.54. The second kappa shape index (κ2) is 20.5. The van der Waals surface area contributed by atoms with Crippen molar-refractivity contribution in [3.63, 3.8) is 0 Å². The molecule has 3 heterocycles. The van der Waals surface area contributed by atoms with Gasteiger partial charge in [-0.3, -0.25) is 0 Å². The van der Waals surface area contributed by atoms with Gasteiger partial charge in [-0.15, -0.1) is 0 Å². The predicted octanol–water partition coefficient (Wildman–Crippen LogP) is 24.1. The lowest BCUT2D eigenvalue weighted by molar-refractivity contribution is 0.442. The van der Waals surface area contributed by atoms with Crippen LogP contribution in [0.4, 0.5) is 34.1 Å². The van der Waals surface area contributed by atoms with E-state index >= 15 is 0 Å². The van der Waals surface area contributed by atoms with E-state index in [1.54, 1.807) is 0 Å². The maximum Gasteiger partial charge on any atom is 0.159 e. The molecule has 5 nitrogen and oxygen atoms in total. The summed E-state index contributed by atoms with van der Waals surface area (Å²) in [5, 5.41) is 11.1. The van der Waals surface area contributed by atoms with Crippen LogP contribution in [0.25, 0.3) is 110 Å². The van der Waals surface area contributed by atoms with Crippen molar-refractivity contribution in [2.75, 3.05) is 9.80 Å².